The summed E-state index contributed by atoms with van der Waals surface area (Å²) in [4.78, 5) is 4.23. The van der Waals surface area contributed by atoms with Crippen LogP contribution in [0.1, 0.15) is 33.3 Å². The molecule has 1 fully saturated rings. The fraction of sp³-hybridized carbons (Fsp3) is 0.438. The highest BCUT2D eigenvalue weighted by Crippen LogP contribution is 2.36. The summed E-state index contributed by atoms with van der Waals surface area (Å²) in [7, 11) is -0.651. The highest BCUT2D eigenvalue weighted by atomic mass is 19.4. The average Bonchev–Trinajstić information content (AvgIpc) is 3.02. The van der Waals surface area contributed by atoms with Crippen LogP contribution in [0.2, 0.25) is 0 Å². The van der Waals surface area contributed by atoms with Crippen molar-refractivity contribution in [2.45, 2.75) is 45.1 Å². The van der Waals surface area contributed by atoms with Gasteiger partial charge in [0.15, 0.2) is 0 Å². The average molecular weight is 338 g/mol. The minimum Gasteiger partial charge on any atom is -0.398 e. The van der Waals surface area contributed by atoms with Crippen LogP contribution in [0.25, 0.3) is 5.69 Å². The maximum Gasteiger partial charge on any atom is 0.516 e. The molecule has 8 heteroatoms. The molecular weight excluding hydrogens is 320 g/mol. The van der Waals surface area contributed by atoms with Crippen molar-refractivity contribution in [2.75, 3.05) is 0 Å². The van der Waals surface area contributed by atoms with Gasteiger partial charge in [-0.15, -0.1) is 0 Å². The minimum atomic E-state index is -4.38. The Morgan fingerprint density at radius 1 is 1.08 bits per heavy atom. The molecule has 24 heavy (non-hydrogen) atoms. The third kappa shape index (κ3) is 2.96. The fourth-order valence-corrected chi connectivity index (χ4v) is 2.41. The zero-order valence-corrected chi connectivity index (χ0v) is 13.9. The third-order valence-electron chi connectivity index (χ3n) is 4.57. The SMILES string of the molecule is CC1(C)OB(c2cn(-c3cccc(C(F)(F)F)c3)cn2)OC1(C)C. The molecule has 0 N–H and O–H groups in total. The Balaban J connectivity index is 1.87. The molecule has 0 unspecified atom stereocenters. The number of nitrogens with zero attached hydrogens (tertiary/aromatic N) is 2. The molecule has 0 bridgehead atoms. The smallest absolute Gasteiger partial charge is 0.398 e. The van der Waals surface area contributed by atoms with Crippen molar-refractivity contribution >= 4 is 12.7 Å². The van der Waals surface area contributed by atoms with Crippen molar-refractivity contribution in [3.8, 4) is 5.69 Å². The van der Waals surface area contributed by atoms with Gasteiger partial charge in [0, 0.05) is 11.9 Å². The van der Waals surface area contributed by atoms with Crippen molar-refractivity contribution in [3.05, 3.63) is 42.4 Å². The second kappa shape index (κ2) is 5.36. The van der Waals surface area contributed by atoms with E-state index in [-0.39, 0.29) is 0 Å². The zero-order chi connectivity index (χ0) is 17.8. The minimum absolute atomic E-state index is 0.375. The van der Waals surface area contributed by atoms with Gasteiger partial charge in [0.1, 0.15) is 0 Å². The predicted octanol–water partition coefficient (Wildman–Crippen LogP) is 3.19. The number of rotatable bonds is 2. The van der Waals surface area contributed by atoms with Gasteiger partial charge in [0.25, 0.3) is 0 Å². The van der Waals surface area contributed by atoms with Gasteiger partial charge in [-0.25, -0.2) is 4.98 Å². The normalized spacial score (nSPS) is 19.7. The van der Waals surface area contributed by atoms with E-state index in [0.717, 1.165) is 12.1 Å². The number of aromatic nitrogens is 2. The van der Waals surface area contributed by atoms with E-state index in [9.17, 15) is 13.2 Å². The summed E-state index contributed by atoms with van der Waals surface area (Å²) in [5.74, 6) is 0. The van der Waals surface area contributed by atoms with E-state index in [1.54, 1.807) is 12.3 Å². The Morgan fingerprint density at radius 2 is 1.71 bits per heavy atom. The Morgan fingerprint density at radius 3 is 2.29 bits per heavy atom. The first kappa shape index (κ1) is 17.0. The number of halogens is 3. The van der Waals surface area contributed by atoms with E-state index < -0.39 is 30.1 Å². The maximum atomic E-state index is 12.8. The highest BCUT2D eigenvalue weighted by molar-refractivity contribution is 6.61. The molecule has 2 aromatic rings. The first-order valence-corrected chi connectivity index (χ1v) is 7.57. The first-order valence-electron chi connectivity index (χ1n) is 7.57. The van der Waals surface area contributed by atoms with E-state index in [1.807, 2.05) is 27.7 Å². The summed E-state index contributed by atoms with van der Waals surface area (Å²) >= 11 is 0. The van der Waals surface area contributed by atoms with Crippen LogP contribution in [-0.4, -0.2) is 27.9 Å². The fourth-order valence-electron chi connectivity index (χ4n) is 2.41. The van der Waals surface area contributed by atoms with Gasteiger partial charge < -0.3 is 13.9 Å². The van der Waals surface area contributed by atoms with E-state index in [1.165, 1.54) is 17.0 Å². The van der Waals surface area contributed by atoms with Gasteiger partial charge in [-0.1, -0.05) is 6.07 Å². The van der Waals surface area contributed by atoms with Crippen LogP contribution in [0.5, 0.6) is 0 Å². The van der Waals surface area contributed by atoms with E-state index in [4.69, 9.17) is 9.31 Å². The summed E-state index contributed by atoms with van der Waals surface area (Å²) in [6.45, 7) is 7.71. The lowest BCUT2D eigenvalue weighted by Crippen LogP contribution is -2.41. The number of imidazole rings is 1. The van der Waals surface area contributed by atoms with Crippen molar-refractivity contribution in [2.24, 2.45) is 0 Å². The molecule has 1 aromatic carbocycles. The third-order valence-corrected chi connectivity index (χ3v) is 4.57. The van der Waals surface area contributed by atoms with Crippen LogP contribution in [-0.2, 0) is 15.5 Å². The summed E-state index contributed by atoms with van der Waals surface area (Å²) in [5, 5.41) is 0. The monoisotopic (exact) mass is 338 g/mol. The molecule has 0 radical (unpaired) electrons. The molecule has 4 nitrogen and oxygen atoms in total. The van der Waals surface area contributed by atoms with Crippen LogP contribution in [0.15, 0.2) is 36.8 Å². The maximum absolute atomic E-state index is 12.8. The lowest BCUT2D eigenvalue weighted by molar-refractivity contribution is -0.137. The summed E-state index contributed by atoms with van der Waals surface area (Å²) in [6, 6.07) is 5.07. The van der Waals surface area contributed by atoms with Crippen LogP contribution >= 0.6 is 0 Å². The summed E-state index contributed by atoms with van der Waals surface area (Å²) in [6.07, 6.45) is -1.31. The molecular formula is C16H18BF3N2O2. The van der Waals surface area contributed by atoms with Gasteiger partial charge >= 0.3 is 13.3 Å². The Bertz CT molecular complexity index is 740. The predicted molar refractivity (Wildman–Crippen MR) is 84.3 cm³/mol. The molecule has 0 saturated carbocycles. The molecule has 0 atom stereocenters. The van der Waals surface area contributed by atoms with E-state index in [2.05, 4.69) is 4.98 Å². The molecule has 1 saturated heterocycles. The molecule has 1 aromatic heterocycles. The largest absolute Gasteiger partial charge is 0.516 e. The standard InChI is InChI=1S/C16H18BF3N2O2/c1-14(2)15(3,4)24-17(23-14)13-9-22(10-21-13)12-7-5-6-11(8-12)16(18,19)20/h5-10H,1-4H3. The molecule has 0 amide bonds. The van der Waals surface area contributed by atoms with Crippen LogP contribution in [0, 0.1) is 0 Å². The number of hydrogen-bond acceptors (Lipinski definition) is 3. The lowest BCUT2D eigenvalue weighted by Gasteiger charge is -2.32. The Labute approximate surface area is 138 Å². The van der Waals surface area contributed by atoms with Crippen molar-refractivity contribution < 1.29 is 22.5 Å². The number of alkyl halides is 3. The highest BCUT2D eigenvalue weighted by Gasteiger charge is 2.52. The summed E-state index contributed by atoms with van der Waals surface area (Å²) < 4.78 is 51.8. The van der Waals surface area contributed by atoms with Gasteiger partial charge in [-0.05, 0) is 45.9 Å². The van der Waals surface area contributed by atoms with E-state index >= 15 is 0 Å². The Hall–Kier alpha value is -1.80. The quantitative estimate of drug-likeness (QED) is 0.789. The molecule has 3 rings (SSSR count). The van der Waals surface area contributed by atoms with Crippen molar-refractivity contribution in [1.29, 1.82) is 0 Å². The molecule has 2 heterocycles. The lowest BCUT2D eigenvalue weighted by atomic mass is 9.86. The van der Waals surface area contributed by atoms with Gasteiger partial charge in [-0.3, -0.25) is 0 Å². The van der Waals surface area contributed by atoms with Crippen LogP contribution in [0.3, 0.4) is 0 Å². The second-order valence-corrected chi connectivity index (χ2v) is 6.84. The topological polar surface area (TPSA) is 36.3 Å². The molecule has 0 spiro atoms. The van der Waals surface area contributed by atoms with E-state index in [0.29, 0.717) is 11.3 Å². The van der Waals surface area contributed by atoms with Gasteiger partial charge in [0.2, 0.25) is 0 Å². The van der Waals surface area contributed by atoms with Gasteiger partial charge in [-0.2, -0.15) is 13.2 Å². The Kier molecular flexibility index (Phi) is 3.80. The zero-order valence-electron chi connectivity index (χ0n) is 13.9. The molecule has 1 aliphatic heterocycles. The molecule has 0 aliphatic carbocycles. The second-order valence-electron chi connectivity index (χ2n) is 6.84. The number of benzene rings is 1. The van der Waals surface area contributed by atoms with Crippen molar-refractivity contribution in [1.82, 2.24) is 9.55 Å². The summed E-state index contributed by atoms with van der Waals surface area (Å²) in [5.41, 5.74) is -0.813. The van der Waals surface area contributed by atoms with Gasteiger partial charge in [0.05, 0.1) is 28.7 Å². The van der Waals surface area contributed by atoms with Crippen molar-refractivity contribution in [3.63, 3.8) is 0 Å². The molecule has 128 valence electrons. The first-order chi connectivity index (χ1) is 11.0. The molecule has 1 aliphatic rings. The van der Waals surface area contributed by atoms with Crippen LogP contribution in [0.4, 0.5) is 13.2 Å². The number of hydrogen-bond donors (Lipinski definition) is 0. The van der Waals surface area contributed by atoms with Crippen LogP contribution < -0.4 is 5.59 Å².